The molecule has 1 rings (SSSR count). The van der Waals surface area contributed by atoms with Crippen LogP contribution < -0.4 is 10.1 Å². The standard InChI is InChI=1S/C13H22N2O/c1-11(9-15(3)4)10-16-13-7-5-12(14-2)6-8-13/h5-8,11,14H,9-10H2,1-4H3. The molecule has 0 spiro atoms. The summed E-state index contributed by atoms with van der Waals surface area (Å²) < 4.78 is 5.71. The molecule has 0 radical (unpaired) electrons. The molecule has 0 aliphatic rings. The summed E-state index contributed by atoms with van der Waals surface area (Å²) in [4.78, 5) is 2.18. The topological polar surface area (TPSA) is 24.5 Å². The number of ether oxygens (including phenoxy) is 1. The summed E-state index contributed by atoms with van der Waals surface area (Å²) >= 11 is 0. The van der Waals surface area contributed by atoms with Crippen molar-refractivity contribution in [2.45, 2.75) is 6.92 Å². The average molecular weight is 222 g/mol. The minimum atomic E-state index is 0.541. The molecular weight excluding hydrogens is 200 g/mol. The highest BCUT2D eigenvalue weighted by Gasteiger charge is 2.04. The second kappa shape index (κ2) is 6.38. The monoisotopic (exact) mass is 222 g/mol. The maximum absolute atomic E-state index is 5.71. The van der Waals surface area contributed by atoms with E-state index in [1.807, 2.05) is 31.3 Å². The second-order valence-electron chi connectivity index (χ2n) is 4.45. The van der Waals surface area contributed by atoms with Gasteiger partial charge in [-0.3, -0.25) is 0 Å². The lowest BCUT2D eigenvalue weighted by Crippen LogP contribution is -2.24. The number of rotatable bonds is 6. The molecule has 0 aliphatic heterocycles. The van der Waals surface area contributed by atoms with Crippen molar-refractivity contribution in [1.29, 1.82) is 0 Å². The van der Waals surface area contributed by atoms with Crippen molar-refractivity contribution >= 4 is 5.69 Å². The van der Waals surface area contributed by atoms with Gasteiger partial charge in [0.15, 0.2) is 0 Å². The van der Waals surface area contributed by atoms with Crippen molar-refractivity contribution in [2.24, 2.45) is 5.92 Å². The third-order valence-electron chi connectivity index (χ3n) is 2.35. The van der Waals surface area contributed by atoms with Crippen LogP contribution in [0.2, 0.25) is 0 Å². The van der Waals surface area contributed by atoms with Gasteiger partial charge in [0, 0.05) is 25.2 Å². The van der Waals surface area contributed by atoms with E-state index in [4.69, 9.17) is 4.74 Å². The van der Waals surface area contributed by atoms with Crippen LogP contribution in [-0.2, 0) is 0 Å². The zero-order valence-corrected chi connectivity index (χ0v) is 10.7. The highest BCUT2D eigenvalue weighted by atomic mass is 16.5. The average Bonchev–Trinajstić information content (AvgIpc) is 2.26. The Kier molecular flexibility index (Phi) is 5.12. The van der Waals surface area contributed by atoms with Crippen molar-refractivity contribution in [3.05, 3.63) is 24.3 Å². The number of anilines is 1. The fraction of sp³-hybridized carbons (Fsp3) is 0.538. The van der Waals surface area contributed by atoms with Gasteiger partial charge in [-0.25, -0.2) is 0 Å². The van der Waals surface area contributed by atoms with Gasteiger partial charge in [-0.15, -0.1) is 0 Å². The van der Waals surface area contributed by atoms with Crippen LogP contribution in [0.4, 0.5) is 5.69 Å². The summed E-state index contributed by atoms with van der Waals surface area (Å²) in [6, 6.07) is 8.03. The number of nitrogens with zero attached hydrogens (tertiary/aromatic N) is 1. The summed E-state index contributed by atoms with van der Waals surface area (Å²) in [6.45, 7) is 4.01. The molecule has 0 amide bonds. The van der Waals surface area contributed by atoms with Crippen molar-refractivity contribution in [1.82, 2.24) is 4.90 Å². The molecule has 3 heteroatoms. The Balaban J connectivity index is 2.36. The van der Waals surface area contributed by atoms with Gasteiger partial charge in [-0.1, -0.05) is 6.92 Å². The third kappa shape index (κ3) is 4.53. The predicted molar refractivity (Wildman–Crippen MR) is 69.2 cm³/mol. The molecular formula is C13H22N2O. The van der Waals surface area contributed by atoms with Gasteiger partial charge >= 0.3 is 0 Å². The first-order valence-electron chi connectivity index (χ1n) is 5.67. The van der Waals surface area contributed by atoms with E-state index in [-0.39, 0.29) is 0 Å². The minimum Gasteiger partial charge on any atom is -0.493 e. The summed E-state index contributed by atoms with van der Waals surface area (Å²) in [5, 5.41) is 3.08. The highest BCUT2D eigenvalue weighted by Crippen LogP contribution is 2.15. The van der Waals surface area contributed by atoms with E-state index < -0.39 is 0 Å². The van der Waals surface area contributed by atoms with Gasteiger partial charge in [0.05, 0.1) is 6.61 Å². The number of benzene rings is 1. The molecule has 0 aliphatic carbocycles. The summed E-state index contributed by atoms with van der Waals surface area (Å²) in [7, 11) is 6.07. The van der Waals surface area contributed by atoms with Gasteiger partial charge in [-0.05, 0) is 38.4 Å². The maximum Gasteiger partial charge on any atom is 0.119 e. The van der Waals surface area contributed by atoms with Crippen LogP contribution in [0.25, 0.3) is 0 Å². The molecule has 0 saturated heterocycles. The Morgan fingerprint density at radius 1 is 1.25 bits per heavy atom. The molecule has 0 bridgehead atoms. The molecule has 0 fully saturated rings. The molecule has 1 aromatic carbocycles. The Morgan fingerprint density at radius 3 is 2.38 bits per heavy atom. The normalized spacial score (nSPS) is 12.6. The van der Waals surface area contributed by atoms with Gasteiger partial charge in [0.1, 0.15) is 5.75 Å². The van der Waals surface area contributed by atoms with E-state index in [1.165, 1.54) is 0 Å². The molecule has 0 heterocycles. The van der Waals surface area contributed by atoms with Crippen molar-refractivity contribution < 1.29 is 4.74 Å². The van der Waals surface area contributed by atoms with Crippen molar-refractivity contribution in [2.75, 3.05) is 39.6 Å². The first-order chi connectivity index (χ1) is 7.61. The van der Waals surface area contributed by atoms with Crippen LogP contribution in [0.3, 0.4) is 0 Å². The lowest BCUT2D eigenvalue weighted by molar-refractivity contribution is 0.222. The van der Waals surface area contributed by atoms with Gasteiger partial charge in [-0.2, -0.15) is 0 Å². The lowest BCUT2D eigenvalue weighted by atomic mass is 10.2. The van der Waals surface area contributed by atoms with E-state index in [9.17, 15) is 0 Å². The van der Waals surface area contributed by atoms with E-state index in [1.54, 1.807) is 0 Å². The maximum atomic E-state index is 5.71. The van der Waals surface area contributed by atoms with Crippen LogP contribution >= 0.6 is 0 Å². The first kappa shape index (κ1) is 12.8. The summed E-state index contributed by atoms with van der Waals surface area (Å²) in [6.07, 6.45) is 0. The second-order valence-corrected chi connectivity index (χ2v) is 4.45. The highest BCUT2D eigenvalue weighted by molar-refractivity contribution is 5.45. The van der Waals surface area contributed by atoms with Crippen molar-refractivity contribution in [3.63, 3.8) is 0 Å². The molecule has 0 aromatic heterocycles. The van der Waals surface area contributed by atoms with Gasteiger partial charge in [0.2, 0.25) is 0 Å². The lowest BCUT2D eigenvalue weighted by Gasteiger charge is -2.17. The zero-order chi connectivity index (χ0) is 12.0. The zero-order valence-electron chi connectivity index (χ0n) is 10.7. The van der Waals surface area contributed by atoms with Crippen molar-refractivity contribution in [3.8, 4) is 5.75 Å². The molecule has 1 atom stereocenters. The molecule has 90 valence electrons. The van der Waals surface area contributed by atoms with Crippen LogP contribution in [0.15, 0.2) is 24.3 Å². The number of nitrogens with one attached hydrogen (secondary N) is 1. The molecule has 1 aromatic rings. The van der Waals surface area contributed by atoms with Crippen LogP contribution in [0, 0.1) is 5.92 Å². The molecule has 3 nitrogen and oxygen atoms in total. The molecule has 1 N–H and O–H groups in total. The summed E-state index contributed by atoms with van der Waals surface area (Å²) in [5.74, 6) is 1.48. The number of hydrogen-bond donors (Lipinski definition) is 1. The van der Waals surface area contributed by atoms with Gasteiger partial charge in [0.25, 0.3) is 0 Å². The molecule has 1 unspecified atom stereocenters. The minimum absolute atomic E-state index is 0.541. The Bertz CT molecular complexity index is 295. The molecule has 16 heavy (non-hydrogen) atoms. The largest absolute Gasteiger partial charge is 0.493 e. The smallest absolute Gasteiger partial charge is 0.119 e. The Hall–Kier alpha value is -1.22. The number of hydrogen-bond acceptors (Lipinski definition) is 3. The molecule has 0 saturated carbocycles. The van der Waals surface area contributed by atoms with E-state index in [0.29, 0.717) is 5.92 Å². The summed E-state index contributed by atoms with van der Waals surface area (Å²) in [5.41, 5.74) is 1.11. The first-order valence-corrected chi connectivity index (χ1v) is 5.67. The van der Waals surface area contributed by atoms with Crippen LogP contribution in [-0.4, -0.2) is 39.2 Å². The van der Waals surface area contributed by atoms with Crippen LogP contribution in [0.1, 0.15) is 6.92 Å². The quantitative estimate of drug-likeness (QED) is 0.799. The van der Waals surface area contributed by atoms with Crippen LogP contribution in [0.5, 0.6) is 5.75 Å². The fourth-order valence-corrected chi connectivity index (χ4v) is 1.63. The Labute approximate surface area is 98.4 Å². The SMILES string of the molecule is CNc1ccc(OCC(C)CN(C)C)cc1. The van der Waals surface area contributed by atoms with E-state index in [2.05, 4.69) is 31.2 Å². The van der Waals surface area contributed by atoms with Gasteiger partial charge < -0.3 is 15.0 Å². The third-order valence-corrected chi connectivity index (χ3v) is 2.35. The van der Waals surface area contributed by atoms with E-state index in [0.717, 1.165) is 24.6 Å². The fourth-order valence-electron chi connectivity index (χ4n) is 1.63. The van der Waals surface area contributed by atoms with E-state index >= 15 is 0 Å². The Morgan fingerprint density at radius 2 is 1.88 bits per heavy atom. The predicted octanol–water partition coefficient (Wildman–Crippen LogP) is 2.30.